The van der Waals surface area contributed by atoms with Crippen LogP contribution in [-0.4, -0.2) is 53.1 Å². The molecule has 4 rings (SSSR count). The minimum absolute atomic E-state index is 0.161. The molecule has 4 amide bonds. The number of carbonyl (C=O) groups is 3. The number of amides is 4. The lowest BCUT2D eigenvalue weighted by Crippen LogP contribution is -2.47. The van der Waals surface area contributed by atoms with Crippen LogP contribution in [0.4, 0.5) is 4.79 Å². The molecule has 0 spiro atoms. The van der Waals surface area contributed by atoms with Crippen molar-refractivity contribution < 1.29 is 23.9 Å². The average molecular weight is 442 g/mol. The fourth-order valence-corrected chi connectivity index (χ4v) is 4.43. The predicted molar refractivity (Wildman–Crippen MR) is 115 cm³/mol. The zero-order valence-electron chi connectivity index (χ0n) is 17.1. The number of carbonyl (C=O) groups excluding carboxylic acids is 3. The van der Waals surface area contributed by atoms with E-state index in [1.54, 1.807) is 41.4 Å². The first kappa shape index (κ1) is 20.9. The van der Waals surface area contributed by atoms with Gasteiger partial charge in [0.1, 0.15) is 12.1 Å². The highest BCUT2D eigenvalue weighted by Crippen LogP contribution is 2.34. The van der Waals surface area contributed by atoms with Gasteiger partial charge in [-0.05, 0) is 36.1 Å². The van der Waals surface area contributed by atoms with Crippen molar-refractivity contribution >= 4 is 29.2 Å². The second-order valence-electron chi connectivity index (χ2n) is 7.66. The summed E-state index contributed by atoms with van der Waals surface area (Å²) in [5.41, 5.74) is -0.332. The highest BCUT2D eigenvalue weighted by molar-refractivity contribution is 7.09. The first-order valence-corrected chi connectivity index (χ1v) is 10.7. The van der Waals surface area contributed by atoms with E-state index >= 15 is 0 Å². The number of hydrogen-bond acceptors (Lipinski definition) is 6. The van der Waals surface area contributed by atoms with Gasteiger partial charge in [-0.3, -0.25) is 14.5 Å². The zero-order valence-corrected chi connectivity index (χ0v) is 17.9. The van der Waals surface area contributed by atoms with Gasteiger partial charge >= 0.3 is 6.03 Å². The van der Waals surface area contributed by atoms with Gasteiger partial charge in [0.25, 0.3) is 5.91 Å². The number of nitrogens with one attached hydrogen (secondary N) is 1. The molecule has 0 radical (unpaired) electrons. The van der Waals surface area contributed by atoms with Gasteiger partial charge in [0, 0.05) is 17.8 Å². The molecule has 1 aromatic carbocycles. The molecule has 2 aliphatic rings. The first-order chi connectivity index (χ1) is 14.9. The first-order valence-electron chi connectivity index (χ1n) is 9.83. The number of urea groups is 1. The van der Waals surface area contributed by atoms with Gasteiger partial charge in [0.05, 0.1) is 6.54 Å². The molecule has 0 bridgehead atoms. The van der Waals surface area contributed by atoms with Crippen LogP contribution in [0.15, 0.2) is 48.4 Å². The van der Waals surface area contributed by atoms with Gasteiger partial charge in [-0.15, -0.1) is 17.9 Å². The Morgan fingerprint density at radius 1 is 1.32 bits per heavy atom. The van der Waals surface area contributed by atoms with Crippen molar-refractivity contribution in [2.45, 2.75) is 25.4 Å². The molecule has 31 heavy (non-hydrogen) atoms. The van der Waals surface area contributed by atoms with Crippen molar-refractivity contribution in [2.24, 2.45) is 0 Å². The molecule has 0 aliphatic carbocycles. The number of thiophene rings is 1. The van der Waals surface area contributed by atoms with Gasteiger partial charge in [-0.25, -0.2) is 4.79 Å². The van der Waals surface area contributed by atoms with E-state index in [0.717, 1.165) is 15.3 Å². The SMILES string of the molecule is C=CCN(Cc1cccs1)C(=O)CN1C(=O)N[C@](C)(Cc2ccc3c(c2)OCO3)C1=O. The molecule has 2 aromatic rings. The standard InChI is InChI=1S/C22H23N3O5S/c1-3-8-24(12-16-5-4-9-31-16)19(26)13-25-20(27)22(2,23-21(25)28)11-15-6-7-17-18(10-15)30-14-29-17/h3-7,9-10H,1,8,11-14H2,2H3,(H,23,28)/t22-/m1/s1. The van der Waals surface area contributed by atoms with Crippen LogP contribution in [0.25, 0.3) is 0 Å². The molecule has 0 saturated carbocycles. The van der Waals surface area contributed by atoms with E-state index in [-0.39, 0.29) is 25.7 Å². The topological polar surface area (TPSA) is 88.2 Å². The van der Waals surface area contributed by atoms with Gasteiger partial charge in [-0.2, -0.15) is 0 Å². The smallest absolute Gasteiger partial charge is 0.325 e. The van der Waals surface area contributed by atoms with Crippen LogP contribution in [0, 0.1) is 0 Å². The minimum Gasteiger partial charge on any atom is -0.454 e. The van der Waals surface area contributed by atoms with Crippen LogP contribution in [0.1, 0.15) is 17.4 Å². The van der Waals surface area contributed by atoms with E-state index in [1.807, 2.05) is 23.6 Å². The van der Waals surface area contributed by atoms with E-state index in [0.29, 0.717) is 24.6 Å². The van der Waals surface area contributed by atoms with Crippen LogP contribution < -0.4 is 14.8 Å². The van der Waals surface area contributed by atoms with E-state index in [1.165, 1.54) is 0 Å². The van der Waals surface area contributed by atoms with Crippen molar-refractivity contribution in [1.82, 2.24) is 15.1 Å². The summed E-state index contributed by atoms with van der Waals surface area (Å²) in [5, 5.41) is 4.68. The molecule has 1 atom stereocenters. The monoisotopic (exact) mass is 441 g/mol. The second kappa shape index (κ2) is 8.43. The fraction of sp³-hybridized carbons (Fsp3) is 0.318. The second-order valence-corrected chi connectivity index (χ2v) is 8.69. The molecule has 1 aromatic heterocycles. The highest BCUT2D eigenvalue weighted by Gasteiger charge is 2.48. The Hall–Kier alpha value is -3.33. The third-order valence-electron chi connectivity index (χ3n) is 5.26. The van der Waals surface area contributed by atoms with Crippen molar-refractivity contribution in [3.05, 3.63) is 58.8 Å². The fourth-order valence-electron chi connectivity index (χ4n) is 3.71. The Bertz CT molecular complexity index is 1020. The number of benzene rings is 1. The summed E-state index contributed by atoms with van der Waals surface area (Å²) < 4.78 is 10.7. The summed E-state index contributed by atoms with van der Waals surface area (Å²) in [7, 11) is 0. The van der Waals surface area contributed by atoms with Crippen LogP contribution in [0.2, 0.25) is 0 Å². The summed E-state index contributed by atoms with van der Waals surface area (Å²) in [6, 6.07) is 8.68. The molecular formula is C22H23N3O5S. The number of rotatable bonds is 8. The largest absolute Gasteiger partial charge is 0.454 e. The van der Waals surface area contributed by atoms with Crippen LogP contribution >= 0.6 is 11.3 Å². The van der Waals surface area contributed by atoms with Gasteiger partial charge in [0.15, 0.2) is 11.5 Å². The molecule has 162 valence electrons. The Morgan fingerprint density at radius 2 is 2.13 bits per heavy atom. The maximum atomic E-state index is 13.1. The van der Waals surface area contributed by atoms with E-state index in [4.69, 9.17) is 9.47 Å². The summed E-state index contributed by atoms with van der Waals surface area (Å²) >= 11 is 1.54. The lowest BCUT2D eigenvalue weighted by atomic mass is 9.92. The summed E-state index contributed by atoms with van der Waals surface area (Å²) in [6.45, 7) is 5.94. The van der Waals surface area contributed by atoms with Gasteiger partial charge in [0.2, 0.25) is 12.7 Å². The molecule has 1 fully saturated rings. The maximum Gasteiger partial charge on any atom is 0.325 e. The number of hydrogen-bond donors (Lipinski definition) is 1. The number of imide groups is 1. The number of fused-ring (bicyclic) bond motifs is 1. The van der Waals surface area contributed by atoms with Crippen LogP contribution in [0.3, 0.4) is 0 Å². The van der Waals surface area contributed by atoms with Crippen molar-refractivity contribution in [3.63, 3.8) is 0 Å². The minimum atomic E-state index is -1.15. The van der Waals surface area contributed by atoms with Crippen molar-refractivity contribution in [3.8, 4) is 11.5 Å². The Labute approximate surface area is 184 Å². The average Bonchev–Trinajstić information content (AvgIpc) is 3.45. The van der Waals surface area contributed by atoms with E-state index < -0.39 is 17.5 Å². The third kappa shape index (κ3) is 4.27. The summed E-state index contributed by atoms with van der Waals surface area (Å²) in [6.07, 6.45) is 1.89. The van der Waals surface area contributed by atoms with Gasteiger partial charge in [-0.1, -0.05) is 18.2 Å². The summed E-state index contributed by atoms with van der Waals surface area (Å²) in [4.78, 5) is 42.1. The Balaban J connectivity index is 1.45. The highest BCUT2D eigenvalue weighted by atomic mass is 32.1. The van der Waals surface area contributed by atoms with Crippen LogP contribution in [-0.2, 0) is 22.6 Å². The summed E-state index contributed by atoms with van der Waals surface area (Å²) in [5.74, 6) is 0.511. The molecule has 0 unspecified atom stereocenters. The number of nitrogens with zero attached hydrogens (tertiary/aromatic N) is 2. The molecule has 1 N–H and O–H groups in total. The molecule has 8 nitrogen and oxygen atoms in total. The predicted octanol–water partition coefficient (Wildman–Crippen LogP) is 2.54. The van der Waals surface area contributed by atoms with Crippen molar-refractivity contribution in [2.75, 3.05) is 19.9 Å². The third-order valence-corrected chi connectivity index (χ3v) is 6.12. The maximum absolute atomic E-state index is 13.1. The van der Waals surface area contributed by atoms with E-state index in [2.05, 4.69) is 11.9 Å². The lowest BCUT2D eigenvalue weighted by molar-refractivity contribution is -0.138. The molecule has 3 heterocycles. The lowest BCUT2D eigenvalue weighted by Gasteiger charge is -2.24. The Morgan fingerprint density at radius 3 is 2.87 bits per heavy atom. The zero-order chi connectivity index (χ0) is 22.0. The normalized spacial score (nSPS) is 19.5. The molecule has 2 aliphatic heterocycles. The Kier molecular flexibility index (Phi) is 5.69. The van der Waals surface area contributed by atoms with E-state index in [9.17, 15) is 14.4 Å². The van der Waals surface area contributed by atoms with Gasteiger partial charge < -0.3 is 19.7 Å². The molecule has 1 saturated heterocycles. The molecular weight excluding hydrogens is 418 g/mol. The van der Waals surface area contributed by atoms with Crippen LogP contribution in [0.5, 0.6) is 11.5 Å². The van der Waals surface area contributed by atoms with Crippen molar-refractivity contribution in [1.29, 1.82) is 0 Å². The number of ether oxygens (including phenoxy) is 2. The quantitative estimate of drug-likeness (QED) is 0.502. The molecule has 9 heteroatoms.